The molecule has 1 aliphatic heterocycles. The van der Waals surface area contributed by atoms with Crippen molar-refractivity contribution >= 4 is 17.4 Å². The van der Waals surface area contributed by atoms with Crippen molar-refractivity contribution in [2.45, 2.75) is 18.7 Å². The minimum atomic E-state index is 0.633. The lowest BCUT2D eigenvalue weighted by atomic mass is 10.1. The second-order valence-electron chi connectivity index (χ2n) is 3.96. The van der Waals surface area contributed by atoms with Gasteiger partial charge in [0.05, 0.1) is 0 Å². The van der Waals surface area contributed by atoms with Gasteiger partial charge < -0.3 is 10.6 Å². The highest BCUT2D eigenvalue weighted by Gasteiger charge is 2.18. The lowest BCUT2D eigenvalue weighted by molar-refractivity contribution is 0.776. The van der Waals surface area contributed by atoms with Crippen LogP contribution in [-0.2, 0) is 6.54 Å². The number of anilines is 1. The fraction of sp³-hybridized carbons (Fsp3) is 0.500. The van der Waals surface area contributed by atoms with E-state index >= 15 is 0 Å². The van der Waals surface area contributed by atoms with Crippen LogP contribution in [0.5, 0.6) is 0 Å². The number of benzene rings is 1. The predicted molar refractivity (Wildman–Crippen MR) is 68.5 cm³/mol. The molecule has 1 fully saturated rings. The molecule has 82 valence electrons. The lowest BCUT2D eigenvalue weighted by Gasteiger charge is -2.33. The Bertz CT molecular complexity index is 327. The normalized spacial score (nSPS) is 21.7. The number of para-hydroxylation sites is 1. The first-order valence-corrected chi connectivity index (χ1v) is 6.50. The van der Waals surface area contributed by atoms with Gasteiger partial charge in [0.25, 0.3) is 0 Å². The molecule has 1 atom stereocenters. The zero-order chi connectivity index (χ0) is 10.7. The summed E-state index contributed by atoms with van der Waals surface area (Å²) < 4.78 is 0. The third-order valence-corrected chi connectivity index (χ3v) is 3.93. The van der Waals surface area contributed by atoms with Gasteiger partial charge in [-0.15, -0.1) is 0 Å². The van der Waals surface area contributed by atoms with Gasteiger partial charge in [-0.2, -0.15) is 11.8 Å². The molecular formula is C12H18N2S. The molecule has 0 aromatic heterocycles. The van der Waals surface area contributed by atoms with Crippen LogP contribution in [0.25, 0.3) is 0 Å². The maximum absolute atomic E-state index is 5.76. The molecule has 3 heteroatoms. The molecule has 0 radical (unpaired) electrons. The Labute approximate surface area is 95.8 Å². The zero-order valence-corrected chi connectivity index (χ0v) is 9.96. The van der Waals surface area contributed by atoms with Crippen molar-refractivity contribution in [1.82, 2.24) is 0 Å². The standard InChI is InChI=1S/C12H18N2S/c1-10-9-14(6-7-15-10)12-5-3-2-4-11(12)8-13/h2-5,10H,6-9,13H2,1H3. The predicted octanol–water partition coefficient (Wildman–Crippen LogP) is 2.09. The van der Waals surface area contributed by atoms with Crippen LogP contribution in [-0.4, -0.2) is 24.1 Å². The Hall–Kier alpha value is -0.670. The van der Waals surface area contributed by atoms with E-state index < -0.39 is 0 Å². The van der Waals surface area contributed by atoms with Crippen molar-refractivity contribution in [1.29, 1.82) is 0 Å². The fourth-order valence-electron chi connectivity index (χ4n) is 2.03. The van der Waals surface area contributed by atoms with Gasteiger partial charge in [-0.25, -0.2) is 0 Å². The Morgan fingerprint density at radius 3 is 3.00 bits per heavy atom. The van der Waals surface area contributed by atoms with Gasteiger partial charge in [0, 0.05) is 36.3 Å². The van der Waals surface area contributed by atoms with Crippen LogP contribution in [0.2, 0.25) is 0 Å². The average molecular weight is 222 g/mol. The van der Waals surface area contributed by atoms with Gasteiger partial charge in [0.1, 0.15) is 0 Å². The number of nitrogens with zero attached hydrogens (tertiary/aromatic N) is 1. The quantitative estimate of drug-likeness (QED) is 0.831. The lowest BCUT2D eigenvalue weighted by Crippen LogP contribution is -2.37. The Balaban J connectivity index is 2.20. The molecule has 1 unspecified atom stereocenters. The number of rotatable bonds is 2. The molecule has 0 spiro atoms. The molecule has 0 amide bonds. The summed E-state index contributed by atoms with van der Waals surface area (Å²) in [5.74, 6) is 1.22. The molecule has 0 bridgehead atoms. The van der Waals surface area contributed by atoms with Gasteiger partial charge in [-0.3, -0.25) is 0 Å². The van der Waals surface area contributed by atoms with Crippen LogP contribution in [0, 0.1) is 0 Å². The molecule has 2 nitrogen and oxygen atoms in total. The van der Waals surface area contributed by atoms with Crippen molar-refractivity contribution in [3.05, 3.63) is 29.8 Å². The first-order chi connectivity index (χ1) is 7.31. The van der Waals surface area contributed by atoms with E-state index in [1.54, 1.807) is 0 Å². The van der Waals surface area contributed by atoms with Crippen molar-refractivity contribution in [2.24, 2.45) is 5.73 Å². The number of thioether (sulfide) groups is 1. The zero-order valence-electron chi connectivity index (χ0n) is 9.15. The SMILES string of the molecule is CC1CN(c2ccccc2CN)CCS1. The largest absolute Gasteiger partial charge is 0.369 e. The van der Waals surface area contributed by atoms with Gasteiger partial charge in [0.2, 0.25) is 0 Å². The van der Waals surface area contributed by atoms with E-state index in [1.165, 1.54) is 17.0 Å². The summed E-state index contributed by atoms with van der Waals surface area (Å²) in [5.41, 5.74) is 8.35. The first-order valence-electron chi connectivity index (χ1n) is 5.46. The molecule has 1 aromatic rings. The van der Waals surface area contributed by atoms with Crippen LogP contribution in [0.1, 0.15) is 12.5 Å². The summed E-state index contributed by atoms with van der Waals surface area (Å²) in [5, 5.41) is 0.726. The summed E-state index contributed by atoms with van der Waals surface area (Å²) in [4.78, 5) is 2.46. The van der Waals surface area contributed by atoms with E-state index in [4.69, 9.17) is 5.73 Å². The van der Waals surface area contributed by atoms with E-state index in [9.17, 15) is 0 Å². The summed E-state index contributed by atoms with van der Waals surface area (Å²) in [6.45, 7) is 5.21. The van der Waals surface area contributed by atoms with Gasteiger partial charge >= 0.3 is 0 Å². The van der Waals surface area contributed by atoms with Crippen molar-refractivity contribution in [3.8, 4) is 0 Å². The molecule has 1 aromatic carbocycles. The van der Waals surface area contributed by atoms with Crippen LogP contribution >= 0.6 is 11.8 Å². The van der Waals surface area contributed by atoms with Crippen LogP contribution < -0.4 is 10.6 Å². The van der Waals surface area contributed by atoms with Gasteiger partial charge in [0.15, 0.2) is 0 Å². The first kappa shape index (κ1) is 10.8. The monoisotopic (exact) mass is 222 g/mol. The molecular weight excluding hydrogens is 204 g/mol. The van der Waals surface area contributed by atoms with Crippen LogP contribution in [0.3, 0.4) is 0 Å². The van der Waals surface area contributed by atoms with Gasteiger partial charge in [-0.1, -0.05) is 25.1 Å². The second-order valence-corrected chi connectivity index (χ2v) is 5.51. The third-order valence-electron chi connectivity index (χ3n) is 2.79. The minimum Gasteiger partial charge on any atom is -0.369 e. The van der Waals surface area contributed by atoms with E-state index in [0.29, 0.717) is 6.54 Å². The average Bonchev–Trinajstić information content (AvgIpc) is 2.29. The van der Waals surface area contributed by atoms with Gasteiger partial charge in [-0.05, 0) is 11.6 Å². The Morgan fingerprint density at radius 2 is 2.27 bits per heavy atom. The highest BCUT2D eigenvalue weighted by atomic mass is 32.2. The highest BCUT2D eigenvalue weighted by Crippen LogP contribution is 2.26. The molecule has 0 aliphatic carbocycles. The summed E-state index contributed by atoms with van der Waals surface area (Å²) >= 11 is 2.06. The second kappa shape index (κ2) is 4.90. The third kappa shape index (κ3) is 2.47. The fourth-order valence-corrected chi connectivity index (χ4v) is 3.04. The van der Waals surface area contributed by atoms with Crippen molar-refractivity contribution < 1.29 is 0 Å². The number of nitrogens with two attached hydrogens (primary N) is 1. The number of hydrogen-bond donors (Lipinski definition) is 1. The molecule has 15 heavy (non-hydrogen) atoms. The Morgan fingerprint density at radius 1 is 1.47 bits per heavy atom. The van der Waals surface area contributed by atoms with E-state index in [-0.39, 0.29) is 0 Å². The van der Waals surface area contributed by atoms with E-state index in [2.05, 4.69) is 47.9 Å². The highest BCUT2D eigenvalue weighted by molar-refractivity contribution is 8.00. The molecule has 1 heterocycles. The van der Waals surface area contributed by atoms with Crippen LogP contribution in [0.4, 0.5) is 5.69 Å². The van der Waals surface area contributed by atoms with E-state index in [0.717, 1.165) is 18.3 Å². The van der Waals surface area contributed by atoms with E-state index in [1.807, 2.05) is 0 Å². The summed E-state index contributed by atoms with van der Waals surface area (Å²) in [7, 11) is 0. The summed E-state index contributed by atoms with van der Waals surface area (Å²) in [6.07, 6.45) is 0. The molecule has 0 saturated carbocycles. The molecule has 2 N–H and O–H groups in total. The van der Waals surface area contributed by atoms with Crippen LogP contribution in [0.15, 0.2) is 24.3 Å². The minimum absolute atomic E-state index is 0.633. The molecule has 2 rings (SSSR count). The smallest absolute Gasteiger partial charge is 0.0412 e. The topological polar surface area (TPSA) is 29.3 Å². The molecule has 1 saturated heterocycles. The maximum Gasteiger partial charge on any atom is 0.0412 e. The molecule has 1 aliphatic rings. The van der Waals surface area contributed by atoms with Crippen molar-refractivity contribution in [3.63, 3.8) is 0 Å². The maximum atomic E-state index is 5.76. The number of hydrogen-bond acceptors (Lipinski definition) is 3. The summed E-state index contributed by atoms with van der Waals surface area (Å²) in [6, 6.07) is 8.47. The van der Waals surface area contributed by atoms with Crippen molar-refractivity contribution in [2.75, 3.05) is 23.7 Å². The Kier molecular flexibility index (Phi) is 3.54.